The standard InChI is InChI=1S/C14H13F3N2O3/c1-8(7-18)6-11(13(21)22)19-12(20)9-2-4-10(5-3-9)14(15,16)17/h2-5,8,11H,6H2,1H3,(H,19,20)(H,21,22)/t8-,11-/m1/s1. The predicted octanol–water partition coefficient (Wildman–Crippen LogP) is 2.44. The number of halogens is 3. The number of aliphatic carboxylic acids is 1. The molecule has 2 atom stereocenters. The van der Waals surface area contributed by atoms with Crippen LogP contribution in [0.4, 0.5) is 13.2 Å². The molecule has 1 rings (SSSR count). The molecule has 8 heteroatoms. The van der Waals surface area contributed by atoms with Crippen molar-refractivity contribution < 1.29 is 27.9 Å². The van der Waals surface area contributed by atoms with E-state index in [9.17, 15) is 22.8 Å². The summed E-state index contributed by atoms with van der Waals surface area (Å²) in [5.74, 6) is -2.72. The fraction of sp³-hybridized carbons (Fsp3) is 0.357. The summed E-state index contributed by atoms with van der Waals surface area (Å²) in [6.45, 7) is 1.50. The van der Waals surface area contributed by atoms with Crippen molar-refractivity contribution in [3.05, 3.63) is 35.4 Å². The molecular formula is C14H13F3N2O3. The molecule has 0 spiro atoms. The number of benzene rings is 1. The van der Waals surface area contributed by atoms with Crippen LogP contribution in [0.1, 0.15) is 29.3 Å². The Bertz CT molecular complexity index is 591. The smallest absolute Gasteiger partial charge is 0.416 e. The number of nitrogens with one attached hydrogen (secondary N) is 1. The number of carbonyl (C=O) groups is 2. The fourth-order valence-electron chi connectivity index (χ4n) is 1.68. The second-order valence-corrected chi connectivity index (χ2v) is 4.71. The molecule has 0 aliphatic rings. The van der Waals surface area contributed by atoms with Gasteiger partial charge >= 0.3 is 12.1 Å². The largest absolute Gasteiger partial charge is 0.480 e. The fourth-order valence-corrected chi connectivity index (χ4v) is 1.68. The van der Waals surface area contributed by atoms with Crippen molar-refractivity contribution in [1.82, 2.24) is 5.32 Å². The molecule has 2 N–H and O–H groups in total. The van der Waals surface area contributed by atoms with Crippen LogP contribution < -0.4 is 5.32 Å². The first-order valence-corrected chi connectivity index (χ1v) is 6.25. The van der Waals surface area contributed by atoms with E-state index >= 15 is 0 Å². The number of carboxylic acid groups (broad SMARTS) is 1. The van der Waals surface area contributed by atoms with Crippen LogP contribution >= 0.6 is 0 Å². The highest BCUT2D eigenvalue weighted by Gasteiger charge is 2.30. The SMILES string of the molecule is C[C@@H](C#N)C[C@@H](NC(=O)c1ccc(C(F)(F)F)cc1)C(=O)O. The predicted molar refractivity (Wildman–Crippen MR) is 69.7 cm³/mol. The Hall–Kier alpha value is -2.56. The topological polar surface area (TPSA) is 90.2 Å². The molecule has 0 fully saturated rings. The first-order chi connectivity index (χ1) is 10.1. The maximum absolute atomic E-state index is 12.4. The number of amides is 1. The maximum atomic E-state index is 12.4. The minimum atomic E-state index is -4.51. The number of nitrogens with zero attached hydrogens (tertiary/aromatic N) is 1. The zero-order valence-corrected chi connectivity index (χ0v) is 11.5. The van der Waals surface area contributed by atoms with Crippen molar-refractivity contribution in [2.45, 2.75) is 25.6 Å². The van der Waals surface area contributed by atoms with Crippen LogP contribution in [-0.2, 0) is 11.0 Å². The highest BCUT2D eigenvalue weighted by atomic mass is 19.4. The molecule has 0 bridgehead atoms. The van der Waals surface area contributed by atoms with Crippen molar-refractivity contribution in [3.63, 3.8) is 0 Å². The second-order valence-electron chi connectivity index (χ2n) is 4.71. The van der Waals surface area contributed by atoms with Gasteiger partial charge in [0.1, 0.15) is 6.04 Å². The van der Waals surface area contributed by atoms with E-state index in [-0.39, 0.29) is 12.0 Å². The van der Waals surface area contributed by atoms with E-state index in [1.54, 1.807) is 0 Å². The molecule has 0 unspecified atom stereocenters. The lowest BCUT2D eigenvalue weighted by Crippen LogP contribution is -2.41. The lowest BCUT2D eigenvalue weighted by Gasteiger charge is -2.15. The van der Waals surface area contributed by atoms with Gasteiger partial charge in [0.25, 0.3) is 5.91 Å². The highest BCUT2D eigenvalue weighted by Crippen LogP contribution is 2.29. The molecule has 0 radical (unpaired) electrons. The van der Waals surface area contributed by atoms with E-state index in [1.807, 2.05) is 6.07 Å². The van der Waals surface area contributed by atoms with Gasteiger partial charge in [0.05, 0.1) is 11.6 Å². The monoisotopic (exact) mass is 314 g/mol. The lowest BCUT2D eigenvalue weighted by molar-refractivity contribution is -0.139. The molecular weight excluding hydrogens is 301 g/mol. The van der Waals surface area contributed by atoms with Crippen molar-refractivity contribution in [1.29, 1.82) is 5.26 Å². The van der Waals surface area contributed by atoms with Crippen LogP contribution in [-0.4, -0.2) is 23.0 Å². The van der Waals surface area contributed by atoms with Crippen LogP contribution in [0.3, 0.4) is 0 Å². The normalized spacial score (nSPS) is 13.8. The van der Waals surface area contributed by atoms with Gasteiger partial charge in [0.2, 0.25) is 0 Å². The van der Waals surface area contributed by atoms with Gasteiger partial charge in [-0.2, -0.15) is 18.4 Å². The third-order valence-corrected chi connectivity index (χ3v) is 2.89. The number of carboxylic acids is 1. The van der Waals surface area contributed by atoms with Crippen molar-refractivity contribution in [2.24, 2.45) is 5.92 Å². The van der Waals surface area contributed by atoms with Gasteiger partial charge in [0.15, 0.2) is 0 Å². The summed E-state index contributed by atoms with van der Waals surface area (Å²) >= 11 is 0. The molecule has 0 aliphatic carbocycles. The van der Waals surface area contributed by atoms with E-state index in [0.717, 1.165) is 24.3 Å². The first-order valence-electron chi connectivity index (χ1n) is 6.25. The van der Waals surface area contributed by atoms with E-state index in [2.05, 4.69) is 5.32 Å². The maximum Gasteiger partial charge on any atom is 0.416 e. The van der Waals surface area contributed by atoms with Crippen molar-refractivity contribution in [2.75, 3.05) is 0 Å². The summed E-state index contributed by atoms with van der Waals surface area (Å²) in [6.07, 6.45) is -4.61. The molecule has 118 valence electrons. The lowest BCUT2D eigenvalue weighted by atomic mass is 10.0. The van der Waals surface area contributed by atoms with Gasteiger partial charge in [0, 0.05) is 11.5 Å². The summed E-state index contributed by atoms with van der Waals surface area (Å²) < 4.78 is 37.2. The molecule has 0 aliphatic heterocycles. The van der Waals surface area contributed by atoms with Crippen LogP contribution in [0.5, 0.6) is 0 Å². The van der Waals surface area contributed by atoms with Gasteiger partial charge in [-0.3, -0.25) is 4.79 Å². The molecule has 1 amide bonds. The quantitative estimate of drug-likeness (QED) is 0.873. The van der Waals surface area contributed by atoms with Gasteiger partial charge in [-0.1, -0.05) is 0 Å². The Kier molecular flexibility index (Phi) is 5.51. The van der Waals surface area contributed by atoms with E-state index < -0.39 is 35.6 Å². The molecule has 1 aromatic carbocycles. The van der Waals surface area contributed by atoms with Crippen LogP contribution in [0, 0.1) is 17.2 Å². The minimum absolute atomic E-state index is 0.0936. The Balaban J connectivity index is 2.82. The third-order valence-electron chi connectivity index (χ3n) is 2.89. The molecule has 0 saturated carbocycles. The number of alkyl halides is 3. The number of hydrogen-bond donors (Lipinski definition) is 2. The van der Waals surface area contributed by atoms with Gasteiger partial charge < -0.3 is 10.4 Å². The molecule has 22 heavy (non-hydrogen) atoms. The van der Waals surface area contributed by atoms with Crippen molar-refractivity contribution in [3.8, 4) is 6.07 Å². The Morgan fingerprint density at radius 2 is 1.86 bits per heavy atom. The van der Waals surface area contributed by atoms with Crippen molar-refractivity contribution >= 4 is 11.9 Å². The summed E-state index contributed by atoms with van der Waals surface area (Å²) in [5.41, 5.74) is -0.999. The Morgan fingerprint density at radius 1 is 1.32 bits per heavy atom. The molecule has 0 aromatic heterocycles. The number of rotatable bonds is 5. The van der Waals surface area contributed by atoms with E-state index in [0.29, 0.717) is 0 Å². The molecule has 5 nitrogen and oxygen atoms in total. The first kappa shape index (κ1) is 17.5. The Labute approximate surface area is 124 Å². The third kappa shape index (κ3) is 4.77. The zero-order valence-electron chi connectivity index (χ0n) is 11.5. The van der Waals surface area contributed by atoms with E-state index in [1.165, 1.54) is 6.92 Å². The Morgan fingerprint density at radius 3 is 2.27 bits per heavy atom. The summed E-state index contributed by atoms with van der Waals surface area (Å²) in [6, 6.07) is 3.96. The average Bonchev–Trinajstić information content (AvgIpc) is 2.45. The highest BCUT2D eigenvalue weighted by molar-refractivity contribution is 5.96. The van der Waals surface area contributed by atoms with Crippen LogP contribution in [0.15, 0.2) is 24.3 Å². The molecule has 0 heterocycles. The number of nitriles is 1. The van der Waals surface area contributed by atoms with Gasteiger partial charge in [-0.25, -0.2) is 4.79 Å². The summed E-state index contributed by atoms with van der Waals surface area (Å²) in [4.78, 5) is 22.9. The molecule has 1 aromatic rings. The summed E-state index contributed by atoms with van der Waals surface area (Å²) in [7, 11) is 0. The van der Waals surface area contributed by atoms with E-state index in [4.69, 9.17) is 10.4 Å². The van der Waals surface area contributed by atoms with Gasteiger partial charge in [-0.15, -0.1) is 0 Å². The second kappa shape index (κ2) is 6.93. The van der Waals surface area contributed by atoms with Crippen LogP contribution in [0.25, 0.3) is 0 Å². The minimum Gasteiger partial charge on any atom is -0.480 e. The summed E-state index contributed by atoms with van der Waals surface area (Å²) in [5, 5.41) is 19.8. The number of carbonyl (C=O) groups excluding carboxylic acids is 1. The molecule has 0 saturated heterocycles. The van der Waals surface area contributed by atoms with Gasteiger partial charge in [-0.05, 0) is 37.6 Å². The zero-order chi connectivity index (χ0) is 16.9. The number of hydrogen-bond acceptors (Lipinski definition) is 3. The average molecular weight is 314 g/mol. The van der Waals surface area contributed by atoms with Crippen LogP contribution in [0.2, 0.25) is 0 Å².